The third-order valence-corrected chi connectivity index (χ3v) is 4.24. The van der Waals surface area contributed by atoms with Gasteiger partial charge < -0.3 is 10.0 Å². The van der Waals surface area contributed by atoms with Crippen molar-refractivity contribution in [3.05, 3.63) is 35.6 Å². The third-order valence-electron chi connectivity index (χ3n) is 4.24. The number of likely N-dealkylation sites (tertiary alicyclic amines) is 1. The average Bonchev–Trinajstić information content (AvgIpc) is 2.47. The standard InChI is InChI=1S/C17H26FNO/c18-17-9-7-15(8-10-17)5-6-16-4-3-12-19(14-16)11-1-2-13-20/h7-10,16,20H,1-6,11-14H2/t16-/m0/s1. The number of aryl methyl sites for hydroxylation is 1. The Morgan fingerprint density at radius 3 is 2.75 bits per heavy atom. The lowest BCUT2D eigenvalue weighted by Gasteiger charge is -2.32. The molecule has 0 unspecified atom stereocenters. The highest BCUT2D eigenvalue weighted by Gasteiger charge is 2.19. The van der Waals surface area contributed by atoms with Gasteiger partial charge in [0.25, 0.3) is 0 Å². The van der Waals surface area contributed by atoms with Gasteiger partial charge in [-0.2, -0.15) is 0 Å². The van der Waals surface area contributed by atoms with Gasteiger partial charge in [0.15, 0.2) is 0 Å². The van der Waals surface area contributed by atoms with Gasteiger partial charge in [-0.1, -0.05) is 12.1 Å². The Kier molecular flexibility index (Phi) is 6.48. The van der Waals surface area contributed by atoms with Crippen molar-refractivity contribution >= 4 is 0 Å². The van der Waals surface area contributed by atoms with Gasteiger partial charge in [0, 0.05) is 13.2 Å². The molecule has 0 amide bonds. The minimum absolute atomic E-state index is 0.151. The van der Waals surface area contributed by atoms with Gasteiger partial charge in [-0.05, 0) is 75.2 Å². The van der Waals surface area contributed by atoms with Crippen molar-refractivity contribution in [2.45, 2.75) is 38.5 Å². The quantitative estimate of drug-likeness (QED) is 0.775. The molecule has 0 spiro atoms. The monoisotopic (exact) mass is 279 g/mol. The molecule has 1 fully saturated rings. The van der Waals surface area contributed by atoms with Crippen LogP contribution < -0.4 is 0 Å². The molecule has 2 rings (SSSR count). The van der Waals surface area contributed by atoms with Gasteiger partial charge in [0.05, 0.1) is 0 Å². The maximum absolute atomic E-state index is 12.9. The molecule has 0 saturated carbocycles. The first-order valence-corrected chi connectivity index (χ1v) is 7.85. The van der Waals surface area contributed by atoms with Crippen LogP contribution in [-0.4, -0.2) is 36.2 Å². The minimum atomic E-state index is -0.151. The zero-order valence-corrected chi connectivity index (χ0v) is 12.2. The molecule has 20 heavy (non-hydrogen) atoms. The van der Waals surface area contributed by atoms with Crippen molar-refractivity contribution in [2.24, 2.45) is 5.92 Å². The summed E-state index contributed by atoms with van der Waals surface area (Å²) < 4.78 is 12.9. The van der Waals surface area contributed by atoms with Crippen LogP contribution >= 0.6 is 0 Å². The van der Waals surface area contributed by atoms with E-state index in [9.17, 15) is 4.39 Å². The van der Waals surface area contributed by atoms with E-state index in [0.29, 0.717) is 6.61 Å². The van der Waals surface area contributed by atoms with Crippen molar-refractivity contribution in [3.63, 3.8) is 0 Å². The number of piperidine rings is 1. The van der Waals surface area contributed by atoms with Crippen LogP contribution in [0.25, 0.3) is 0 Å². The molecule has 0 aliphatic carbocycles. The summed E-state index contributed by atoms with van der Waals surface area (Å²) in [5.74, 6) is 0.615. The number of rotatable bonds is 7. The van der Waals surface area contributed by atoms with Crippen molar-refractivity contribution in [1.82, 2.24) is 4.90 Å². The Bertz CT molecular complexity index is 379. The second-order valence-corrected chi connectivity index (χ2v) is 5.90. The molecular formula is C17H26FNO. The van der Waals surface area contributed by atoms with Crippen LogP contribution in [0, 0.1) is 11.7 Å². The maximum Gasteiger partial charge on any atom is 0.123 e. The van der Waals surface area contributed by atoms with Gasteiger partial charge in [-0.25, -0.2) is 4.39 Å². The van der Waals surface area contributed by atoms with Gasteiger partial charge in [0.1, 0.15) is 5.82 Å². The van der Waals surface area contributed by atoms with E-state index in [1.165, 1.54) is 37.9 Å². The van der Waals surface area contributed by atoms with E-state index in [2.05, 4.69) is 4.90 Å². The molecule has 1 heterocycles. The number of hydrogen-bond acceptors (Lipinski definition) is 2. The molecule has 0 radical (unpaired) electrons. The number of aliphatic hydroxyl groups excluding tert-OH is 1. The normalized spacial score (nSPS) is 20.2. The smallest absolute Gasteiger partial charge is 0.123 e. The van der Waals surface area contributed by atoms with Gasteiger partial charge in [0.2, 0.25) is 0 Å². The second kappa shape index (κ2) is 8.38. The summed E-state index contributed by atoms with van der Waals surface area (Å²) in [5.41, 5.74) is 1.24. The summed E-state index contributed by atoms with van der Waals surface area (Å²) in [6.45, 7) is 3.82. The molecule has 1 aromatic carbocycles. The van der Waals surface area contributed by atoms with E-state index < -0.39 is 0 Å². The highest BCUT2D eigenvalue weighted by atomic mass is 19.1. The third kappa shape index (κ3) is 5.22. The van der Waals surface area contributed by atoms with Crippen LogP contribution in [0.3, 0.4) is 0 Å². The molecule has 1 aromatic rings. The van der Waals surface area contributed by atoms with Crippen molar-refractivity contribution in [2.75, 3.05) is 26.2 Å². The van der Waals surface area contributed by atoms with Crippen LogP contribution in [0.1, 0.15) is 37.7 Å². The Morgan fingerprint density at radius 2 is 2.00 bits per heavy atom. The van der Waals surface area contributed by atoms with Crippen LogP contribution in [-0.2, 0) is 6.42 Å². The van der Waals surface area contributed by atoms with Crippen molar-refractivity contribution in [1.29, 1.82) is 0 Å². The molecular weight excluding hydrogens is 253 g/mol. The predicted octanol–water partition coefficient (Wildman–Crippen LogP) is 3.24. The second-order valence-electron chi connectivity index (χ2n) is 5.90. The van der Waals surface area contributed by atoms with Crippen molar-refractivity contribution in [3.8, 4) is 0 Å². The molecule has 2 nitrogen and oxygen atoms in total. The van der Waals surface area contributed by atoms with E-state index in [0.717, 1.165) is 31.7 Å². The molecule has 1 atom stereocenters. The fraction of sp³-hybridized carbons (Fsp3) is 0.647. The first-order chi connectivity index (χ1) is 9.78. The summed E-state index contributed by atoms with van der Waals surface area (Å²) in [6, 6.07) is 6.91. The molecule has 0 bridgehead atoms. The van der Waals surface area contributed by atoms with E-state index in [1.807, 2.05) is 12.1 Å². The highest BCUT2D eigenvalue weighted by Crippen LogP contribution is 2.22. The highest BCUT2D eigenvalue weighted by molar-refractivity contribution is 5.16. The Hall–Kier alpha value is -0.930. The van der Waals surface area contributed by atoms with Crippen LogP contribution in [0.2, 0.25) is 0 Å². The van der Waals surface area contributed by atoms with E-state index in [-0.39, 0.29) is 5.82 Å². The zero-order valence-electron chi connectivity index (χ0n) is 12.2. The topological polar surface area (TPSA) is 23.5 Å². The number of unbranched alkanes of at least 4 members (excludes halogenated alkanes) is 1. The molecule has 1 aliphatic heterocycles. The zero-order chi connectivity index (χ0) is 14.2. The molecule has 1 saturated heterocycles. The van der Waals surface area contributed by atoms with Crippen LogP contribution in [0.15, 0.2) is 24.3 Å². The Morgan fingerprint density at radius 1 is 1.20 bits per heavy atom. The lowest BCUT2D eigenvalue weighted by atomic mass is 9.91. The van der Waals surface area contributed by atoms with Gasteiger partial charge in [-0.3, -0.25) is 0 Å². The number of hydrogen-bond donors (Lipinski definition) is 1. The van der Waals surface area contributed by atoms with E-state index in [1.54, 1.807) is 12.1 Å². The predicted molar refractivity (Wildman–Crippen MR) is 80.2 cm³/mol. The van der Waals surface area contributed by atoms with Crippen LogP contribution in [0.5, 0.6) is 0 Å². The number of halogens is 1. The van der Waals surface area contributed by atoms with Crippen molar-refractivity contribution < 1.29 is 9.50 Å². The van der Waals surface area contributed by atoms with Gasteiger partial charge >= 0.3 is 0 Å². The molecule has 3 heteroatoms. The first-order valence-electron chi connectivity index (χ1n) is 7.85. The lowest BCUT2D eigenvalue weighted by Crippen LogP contribution is -2.36. The SMILES string of the molecule is OCCCCN1CCC[C@@H](CCc2ccc(F)cc2)C1. The largest absolute Gasteiger partial charge is 0.396 e. The number of aliphatic hydroxyl groups is 1. The summed E-state index contributed by atoms with van der Waals surface area (Å²) in [4.78, 5) is 2.54. The minimum Gasteiger partial charge on any atom is -0.396 e. The summed E-state index contributed by atoms with van der Waals surface area (Å²) in [6.07, 6.45) is 6.86. The molecule has 1 aliphatic rings. The fourth-order valence-corrected chi connectivity index (χ4v) is 3.06. The number of benzene rings is 1. The Balaban J connectivity index is 1.71. The summed E-state index contributed by atoms with van der Waals surface area (Å²) >= 11 is 0. The van der Waals surface area contributed by atoms with Gasteiger partial charge in [-0.15, -0.1) is 0 Å². The fourth-order valence-electron chi connectivity index (χ4n) is 3.06. The molecule has 0 aromatic heterocycles. The summed E-state index contributed by atoms with van der Waals surface area (Å²) in [5, 5.41) is 8.83. The van der Waals surface area contributed by atoms with Crippen LogP contribution in [0.4, 0.5) is 4.39 Å². The van der Waals surface area contributed by atoms with E-state index >= 15 is 0 Å². The Labute approximate surface area is 121 Å². The maximum atomic E-state index is 12.9. The average molecular weight is 279 g/mol. The molecule has 112 valence electrons. The lowest BCUT2D eigenvalue weighted by molar-refractivity contribution is 0.162. The van der Waals surface area contributed by atoms with E-state index in [4.69, 9.17) is 5.11 Å². The first kappa shape index (κ1) is 15.5. The summed E-state index contributed by atoms with van der Waals surface area (Å²) in [7, 11) is 0. The molecule has 1 N–H and O–H groups in total. The number of nitrogens with zero attached hydrogens (tertiary/aromatic N) is 1.